The summed E-state index contributed by atoms with van der Waals surface area (Å²) in [6, 6.07) is 8.67. The Bertz CT molecular complexity index is 564. The predicted molar refractivity (Wildman–Crippen MR) is 87.1 cm³/mol. The molecule has 108 valence electrons. The monoisotopic (exact) mass is 335 g/mol. The van der Waals surface area contributed by atoms with E-state index >= 15 is 0 Å². The van der Waals surface area contributed by atoms with Gasteiger partial charge in [0.25, 0.3) is 0 Å². The standard InChI is InChI=1S/C16H22BrN3/c1-5-10-20-14(11-17)18-19-15(20)12-6-8-13(9-7-12)16(2,3)4/h6-9H,5,10-11H2,1-4H3. The molecule has 4 heteroatoms. The highest BCUT2D eigenvalue weighted by molar-refractivity contribution is 9.08. The number of benzene rings is 1. The van der Waals surface area contributed by atoms with Crippen LogP contribution < -0.4 is 0 Å². The van der Waals surface area contributed by atoms with Crippen LogP contribution in [0.5, 0.6) is 0 Å². The zero-order valence-electron chi connectivity index (χ0n) is 12.7. The van der Waals surface area contributed by atoms with Gasteiger partial charge in [-0.1, -0.05) is 67.9 Å². The first-order valence-corrected chi connectivity index (χ1v) is 8.18. The van der Waals surface area contributed by atoms with Gasteiger partial charge in [-0.05, 0) is 17.4 Å². The molecule has 0 fully saturated rings. The number of aromatic nitrogens is 3. The molecule has 0 aliphatic heterocycles. The van der Waals surface area contributed by atoms with Gasteiger partial charge in [-0.2, -0.15) is 0 Å². The number of halogens is 1. The fourth-order valence-corrected chi connectivity index (χ4v) is 2.64. The van der Waals surface area contributed by atoms with E-state index < -0.39 is 0 Å². The van der Waals surface area contributed by atoms with Crippen LogP contribution in [0.1, 0.15) is 45.5 Å². The number of rotatable bonds is 4. The average molecular weight is 336 g/mol. The molecule has 1 aromatic heterocycles. The molecule has 0 saturated heterocycles. The number of alkyl halides is 1. The molecule has 0 unspecified atom stereocenters. The maximum atomic E-state index is 4.35. The lowest BCUT2D eigenvalue weighted by Crippen LogP contribution is -2.10. The van der Waals surface area contributed by atoms with Gasteiger partial charge in [-0.25, -0.2) is 0 Å². The molecule has 0 bridgehead atoms. The minimum Gasteiger partial charge on any atom is -0.310 e. The van der Waals surface area contributed by atoms with E-state index in [0.717, 1.165) is 35.5 Å². The van der Waals surface area contributed by atoms with Crippen LogP contribution in [0.3, 0.4) is 0 Å². The third-order valence-electron chi connectivity index (χ3n) is 3.40. The smallest absolute Gasteiger partial charge is 0.163 e. The van der Waals surface area contributed by atoms with Crippen LogP contribution in [0.4, 0.5) is 0 Å². The number of hydrogen-bond acceptors (Lipinski definition) is 2. The molecule has 0 N–H and O–H groups in total. The van der Waals surface area contributed by atoms with Gasteiger partial charge >= 0.3 is 0 Å². The van der Waals surface area contributed by atoms with Gasteiger partial charge in [0.1, 0.15) is 5.82 Å². The van der Waals surface area contributed by atoms with E-state index in [9.17, 15) is 0 Å². The Hall–Kier alpha value is -1.16. The molecule has 0 saturated carbocycles. The van der Waals surface area contributed by atoms with Crippen molar-refractivity contribution in [2.24, 2.45) is 0 Å². The average Bonchev–Trinajstić information content (AvgIpc) is 2.81. The van der Waals surface area contributed by atoms with Gasteiger partial charge in [0, 0.05) is 12.1 Å². The van der Waals surface area contributed by atoms with E-state index in [1.54, 1.807) is 0 Å². The second-order valence-corrected chi connectivity index (χ2v) is 6.61. The van der Waals surface area contributed by atoms with E-state index in [0.29, 0.717) is 0 Å². The summed E-state index contributed by atoms with van der Waals surface area (Å²) in [4.78, 5) is 0. The molecule has 0 atom stereocenters. The molecule has 2 rings (SSSR count). The Morgan fingerprint density at radius 2 is 1.75 bits per heavy atom. The van der Waals surface area contributed by atoms with Crippen molar-refractivity contribution in [1.82, 2.24) is 14.8 Å². The zero-order chi connectivity index (χ0) is 14.8. The molecule has 1 heterocycles. The second kappa shape index (κ2) is 6.08. The first-order chi connectivity index (χ1) is 9.47. The van der Waals surface area contributed by atoms with Gasteiger partial charge in [0.2, 0.25) is 0 Å². The lowest BCUT2D eigenvalue weighted by Gasteiger charge is -2.19. The summed E-state index contributed by atoms with van der Waals surface area (Å²) in [5.74, 6) is 1.95. The van der Waals surface area contributed by atoms with Crippen LogP contribution in [0, 0.1) is 0 Å². The van der Waals surface area contributed by atoms with Crippen LogP contribution >= 0.6 is 15.9 Å². The van der Waals surface area contributed by atoms with Gasteiger partial charge in [0.05, 0.1) is 5.33 Å². The molecule has 0 radical (unpaired) electrons. The molecular weight excluding hydrogens is 314 g/mol. The minimum absolute atomic E-state index is 0.177. The Morgan fingerprint density at radius 3 is 2.25 bits per heavy atom. The van der Waals surface area contributed by atoms with Crippen LogP contribution in [-0.2, 0) is 17.3 Å². The topological polar surface area (TPSA) is 30.7 Å². The largest absolute Gasteiger partial charge is 0.310 e. The van der Waals surface area contributed by atoms with Gasteiger partial charge in [-0.15, -0.1) is 10.2 Å². The first kappa shape index (κ1) is 15.2. The van der Waals surface area contributed by atoms with Crippen molar-refractivity contribution in [1.29, 1.82) is 0 Å². The Morgan fingerprint density at radius 1 is 1.10 bits per heavy atom. The van der Waals surface area contributed by atoms with Crippen molar-refractivity contribution >= 4 is 15.9 Å². The quantitative estimate of drug-likeness (QED) is 0.767. The molecule has 1 aromatic carbocycles. The van der Waals surface area contributed by atoms with Gasteiger partial charge in [0.15, 0.2) is 5.82 Å². The SMILES string of the molecule is CCCn1c(CBr)nnc1-c1ccc(C(C)(C)C)cc1. The van der Waals surface area contributed by atoms with Crippen LogP contribution in [0.15, 0.2) is 24.3 Å². The summed E-state index contributed by atoms with van der Waals surface area (Å²) >= 11 is 3.48. The lowest BCUT2D eigenvalue weighted by atomic mass is 9.87. The molecule has 0 aliphatic carbocycles. The summed E-state index contributed by atoms with van der Waals surface area (Å²) in [6.45, 7) is 9.80. The van der Waals surface area contributed by atoms with E-state index in [-0.39, 0.29) is 5.41 Å². The molecule has 20 heavy (non-hydrogen) atoms. The van der Waals surface area contributed by atoms with Crippen molar-refractivity contribution < 1.29 is 0 Å². The maximum absolute atomic E-state index is 4.35. The summed E-state index contributed by atoms with van der Waals surface area (Å²) in [6.07, 6.45) is 1.07. The molecule has 3 nitrogen and oxygen atoms in total. The molecular formula is C16H22BrN3. The lowest BCUT2D eigenvalue weighted by molar-refractivity contribution is 0.590. The second-order valence-electron chi connectivity index (χ2n) is 6.05. The highest BCUT2D eigenvalue weighted by Crippen LogP contribution is 2.26. The first-order valence-electron chi connectivity index (χ1n) is 7.06. The van der Waals surface area contributed by atoms with E-state index in [4.69, 9.17) is 0 Å². The highest BCUT2D eigenvalue weighted by atomic mass is 79.9. The zero-order valence-corrected chi connectivity index (χ0v) is 14.2. The highest BCUT2D eigenvalue weighted by Gasteiger charge is 2.15. The normalized spacial score (nSPS) is 11.8. The summed E-state index contributed by atoms with van der Waals surface area (Å²) in [5.41, 5.74) is 2.64. The van der Waals surface area contributed by atoms with Crippen molar-refractivity contribution in [3.8, 4) is 11.4 Å². The van der Waals surface area contributed by atoms with Gasteiger partial charge < -0.3 is 4.57 Å². The minimum atomic E-state index is 0.177. The fraction of sp³-hybridized carbons (Fsp3) is 0.500. The Kier molecular flexibility index (Phi) is 4.63. The number of hydrogen-bond donors (Lipinski definition) is 0. The third-order valence-corrected chi connectivity index (χ3v) is 3.90. The van der Waals surface area contributed by atoms with Crippen LogP contribution in [0.25, 0.3) is 11.4 Å². The summed E-state index contributed by atoms with van der Waals surface area (Å²) < 4.78 is 2.20. The summed E-state index contributed by atoms with van der Waals surface area (Å²) in [7, 11) is 0. The van der Waals surface area contributed by atoms with E-state index in [1.807, 2.05) is 0 Å². The predicted octanol–water partition coefficient (Wildman–Crippen LogP) is 4.55. The molecule has 0 spiro atoms. The Labute approximate surface area is 129 Å². The Balaban J connectivity index is 2.39. The van der Waals surface area contributed by atoms with Crippen LogP contribution in [0.2, 0.25) is 0 Å². The third kappa shape index (κ3) is 3.11. The molecule has 2 aromatic rings. The number of nitrogens with zero attached hydrogens (tertiary/aromatic N) is 3. The molecule has 0 amide bonds. The van der Waals surface area contributed by atoms with Crippen molar-refractivity contribution in [2.45, 2.75) is 51.4 Å². The van der Waals surface area contributed by atoms with E-state index in [2.05, 4.69) is 82.7 Å². The van der Waals surface area contributed by atoms with Crippen LogP contribution in [-0.4, -0.2) is 14.8 Å². The maximum Gasteiger partial charge on any atom is 0.163 e. The summed E-state index contributed by atoms with van der Waals surface area (Å²) in [5, 5.41) is 9.35. The fourth-order valence-electron chi connectivity index (χ4n) is 2.23. The van der Waals surface area contributed by atoms with Crippen molar-refractivity contribution in [2.75, 3.05) is 0 Å². The molecule has 0 aliphatic rings. The van der Waals surface area contributed by atoms with Crippen molar-refractivity contribution in [3.63, 3.8) is 0 Å². The van der Waals surface area contributed by atoms with E-state index in [1.165, 1.54) is 5.56 Å². The van der Waals surface area contributed by atoms with Gasteiger partial charge in [-0.3, -0.25) is 0 Å². The van der Waals surface area contributed by atoms with Crippen molar-refractivity contribution in [3.05, 3.63) is 35.7 Å².